The average Bonchev–Trinajstić information content (AvgIpc) is 2.89. The van der Waals surface area contributed by atoms with E-state index in [0.717, 1.165) is 13.0 Å². The predicted molar refractivity (Wildman–Crippen MR) is 87.5 cm³/mol. The first-order valence-electron chi connectivity index (χ1n) is 7.38. The Morgan fingerprint density at radius 2 is 2.20 bits per heavy atom. The van der Waals surface area contributed by atoms with Gasteiger partial charge in [-0.2, -0.15) is 0 Å². The summed E-state index contributed by atoms with van der Waals surface area (Å²) in [5, 5.41) is 3.23. The molecule has 1 fully saturated rings. The van der Waals surface area contributed by atoms with Crippen LogP contribution in [-0.2, 0) is 11.2 Å². The van der Waals surface area contributed by atoms with Crippen LogP contribution < -0.4 is 5.32 Å². The minimum atomic E-state index is 0.0655. The molecule has 1 saturated carbocycles. The van der Waals surface area contributed by atoms with Gasteiger partial charge >= 0.3 is 0 Å². The van der Waals surface area contributed by atoms with Crippen LogP contribution in [0.3, 0.4) is 0 Å². The van der Waals surface area contributed by atoms with Gasteiger partial charge in [0.1, 0.15) is 0 Å². The molecule has 0 saturated heterocycles. The van der Waals surface area contributed by atoms with Crippen molar-refractivity contribution in [1.29, 1.82) is 0 Å². The molecule has 1 aliphatic heterocycles. The Labute approximate surface area is 133 Å². The van der Waals surface area contributed by atoms with Gasteiger partial charge in [-0.25, -0.2) is 0 Å². The normalized spacial score (nSPS) is 28.9. The van der Waals surface area contributed by atoms with Crippen molar-refractivity contribution in [2.75, 3.05) is 6.54 Å². The number of thioether (sulfide) groups is 1. The molecule has 1 aromatic rings. The first kappa shape index (κ1) is 14.5. The summed E-state index contributed by atoms with van der Waals surface area (Å²) in [7, 11) is 0. The number of benzene rings is 1. The summed E-state index contributed by atoms with van der Waals surface area (Å²) in [6, 6.07) is 8.35. The Hall–Kier alpha value is -0.480. The zero-order valence-electron chi connectivity index (χ0n) is 11.5. The maximum atomic E-state index is 12.3. The summed E-state index contributed by atoms with van der Waals surface area (Å²) in [5.74, 6) is 0.855. The lowest BCUT2D eigenvalue weighted by molar-refractivity contribution is -0.120. The molecule has 1 aromatic carbocycles. The van der Waals surface area contributed by atoms with Crippen LogP contribution in [0.4, 0.5) is 0 Å². The lowest BCUT2D eigenvalue weighted by atomic mass is 9.89. The fraction of sp³-hybridized carbons (Fsp3) is 0.562. The standard InChI is InChI=1S/C16H20BrNOS/c17-13-6-3-4-11(8-13)10-18-16(19)15-9-12-5-1-2-7-14(12)20-15/h1-2,5,7,11,13,15H,3-4,6,8-10H2,(H,18,19). The molecular formula is C16H20BrNOS. The van der Waals surface area contributed by atoms with E-state index in [4.69, 9.17) is 0 Å². The Morgan fingerprint density at radius 3 is 3.00 bits per heavy atom. The minimum absolute atomic E-state index is 0.0655. The first-order chi connectivity index (χ1) is 9.72. The quantitative estimate of drug-likeness (QED) is 0.838. The molecule has 1 heterocycles. The lowest BCUT2D eigenvalue weighted by Gasteiger charge is -2.26. The summed E-state index contributed by atoms with van der Waals surface area (Å²) in [5.41, 5.74) is 1.32. The molecule has 0 radical (unpaired) electrons. The number of carbonyl (C=O) groups is 1. The number of alkyl halides is 1. The third-order valence-corrected chi connectivity index (χ3v) is 6.37. The van der Waals surface area contributed by atoms with Gasteiger partial charge in [-0.3, -0.25) is 4.79 Å². The topological polar surface area (TPSA) is 29.1 Å². The van der Waals surface area contributed by atoms with E-state index in [1.54, 1.807) is 11.8 Å². The Kier molecular flexibility index (Phi) is 4.72. The predicted octanol–water partition coefficient (Wildman–Crippen LogP) is 3.77. The van der Waals surface area contributed by atoms with Crippen LogP contribution in [0.25, 0.3) is 0 Å². The number of hydrogen-bond donors (Lipinski definition) is 1. The van der Waals surface area contributed by atoms with E-state index in [9.17, 15) is 4.79 Å². The van der Waals surface area contributed by atoms with Crippen molar-refractivity contribution in [3.63, 3.8) is 0 Å². The second kappa shape index (κ2) is 6.52. The van der Waals surface area contributed by atoms with Crippen molar-refractivity contribution in [3.05, 3.63) is 29.8 Å². The highest BCUT2D eigenvalue weighted by Crippen LogP contribution is 2.37. The fourth-order valence-corrected chi connectivity index (χ4v) is 5.17. The van der Waals surface area contributed by atoms with E-state index in [0.29, 0.717) is 10.7 Å². The molecule has 0 aromatic heterocycles. The average molecular weight is 354 g/mol. The van der Waals surface area contributed by atoms with E-state index in [2.05, 4.69) is 39.4 Å². The van der Waals surface area contributed by atoms with Crippen LogP contribution in [0, 0.1) is 5.92 Å². The highest BCUT2D eigenvalue weighted by molar-refractivity contribution is 9.09. The number of amides is 1. The van der Waals surface area contributed by atoms with Crippen molar-refractivity contribution >= 4 is 33.6 Å². The number of nitrogens with one attached hydrogen (secondary N) is 1. The molecule has 1 N–H and O–H groups in total. The minimum Gasteiger partial charge on any atom is -0.355 e. The summed E-state index contributed by atoms with van der Waals surface area (Å²) in [6.45, 7) is 0.842. The van der Waals surface area contributed by atoms with Gasteiger partial charge in [-0.15, -0.1) is 11.8 Å². The molecule has 3 unspecified atom stereocenters. The highest BCUT2D eigenvalue weighted by Gasteiger charge is 2.28. The molecular weight excluding hydrogens is 334 g/mol. The van der Waals surface area contributed by atoms with Gasteiger partial charge in [-0.05, 0) is 43.2 Å². The van der Waals surface area contributed by atoms with E-state index >= 15 is 0 Å². The number of halogens is 1. The molecule has 1 aliphatic carbocycles. The van der Waals surface area contributed by atoms with Crippen LogP contribution >= 0.6 is 27.7 Å². The molecule has 0 bridgehead atoms. The van der Waals surface area contributed by atoms with Gasteiger partial charge in [-0.1, -0.05) is 40.5 Å². The third-order valence-electron chi connectivity index (χ3n) is 4.22. The van der Waals surface area contributed by atoms with Crippen molar-refractivity contribution in [3.8, 4) is 0 Å². The second-order valence-corrected chi connectivity index (χ2v) is 8.33. The molecule has 20 heavy (non-hydrogen) atoms. The number of rotatable bonds is 3. The van der Waals surface area contributed by atoms with E-state index in [1.807, 2.05) is 6.07 Å². The first-order valence-corrected chi connectivity index (χ1v) is 9.18. The van der Waals surface area contributed by atoms with Crippen LogP contribution in [-0.4, -0.2) is 22.5 Å². The smallest absolute Gasteiger partial charge is 0.233 e. The van der Waals surface area contributed by atoms with Gasteiger partial charge in [0.25, 0.3) is 0 Å². The van der Waals surface area contributed by atoms with E-state index in [-0.39, 0.29) is 11.2 Å². The van der Waals surface area contributed by atoms with Gasteiger partial charge in [0.05, 0.1) is 5.25 Å². The van der Waals surface area contributed by atoms with Crippen LogP contribution in [0.1, 0.15) is 31.2 Å². The molecule has 1 amide bonds. The molecule has 108 valence electrons. The van der Waals surface area contributed by atoms with Crippen LogP contribution in [0.5, 0.6) is 0 Å². The lowest BCUT2D eigenvalue weighted by Crippen LogP contribution is -2.37. The second-order valence-electron chi connectivity index (χ2n) is 5.79. The van der Waals surface area contributed by atoms with E-state index < -0.39 is 0 Å². The molecule has 0 spiro atoms. The van der Waals surface area contributed by atoms with Crippen LogP contribution in [0.15, 0.2) is 29.2 Å². The van der Waals surface area contributed by atoms with Gasteiger partial charge < -0.3 is 5.32 Å². The maximum absolute atomic E-state index is 12.3. The summed E-state index contributed by atoms with van der Waals surface area (Å²) in [4.78, 5) is 14.2. The third kappa shape index (κ3) is 3.40. The highest BCUT2D eigenvalue weighted by atomic mass is 79.9. The molecule has 3 rings (SSSR count). The summed E-state index contributed by atoms with van der Waals surface area (Å²) < 4.78 is 0. The number of hydrogen-bond acceptors (Lipinski definition) is 2. The van der Waals surface area contributed by atoms with Crippen molar-refractivity contribution in [2.24, 2.45) is 5.92 Å². The van der Waals surface area contributed by atoms with Gasteiger partial charge in [0, 0.05) is 16.3 Å². The van der Waals surface area contributed by atoms with Gasteiger partial charge in [0.15, 0.2) is 0 Å². The maximum Gasteiger partial charge on any atom is 0.233 e. The van der Waals surface area contributed by atoms with Crippen LogP contribution in [0.2, 0.25) is 0 Å². The number of carbonyl (C=O) groups excluding carboxylic acids is 1. The molecule has 2 aliphatic rings. The van der Waals surface area contributed by atoms with Gasteiger partial charge in [0.2, 0.25) is 5.91 Å². The fourth-order valence-electron chi connectivity index (χ4n) is 3.10. The van der Waals surface area contributed by atoms with Crippen molar-refractivity contribution in [2.45, 2.75) is 47.1 Å². The largest absolute Gasteiger partial charge is 0.355 e. The van der Waals surface area contributed by atoms with E-state index in [1.165, 1.54) is 36.1 Å². The molecule has 4 heteroatoms. The zero-order chi connectivity index (χ0) is 13.9. The number of fused-ring (bicyclic) bond motifs is 1. The SMILES string of the molecule is O=C(NCC1CCCC(Br)C1)C1Cc2ccccc2S1. The van der Waals surface area contributed by atoms with Crippen molar-refractivity contribution < 1.29 is 4.79 Å². The summed E-state index contributed by atoms with van der Waals surface area (Å²) in [6.07, 6.45) is 5.87. The molecule has 2 nitrogen and oxygen atoms in total. The Bertz CT molecular complexity index is 468. The summed E-state index contributed by atoms with van der Waals surface area (Å²) >= 11 is 5.41. The Balaban J connectivity index is 1.49. The zero-order valence-corrected chi connectivity index (χ0v) is 13.9. The monoisotopic (exact) mass is 353 g/mol. The Morgan fingerprint density at radius 1 is 1.35 bits per heavy atom. The molecule has 3 atom stereocenters. The van der Waals surface area contributed by atoms with Crippen molar-refractivity contribution in [1.82, 2.24) is 5.32 Å².